The summed E-state index contributed by atoms with van der Waals surface area (Å²) < 4.78 is 1.93. The topological polar surface area (TPSA) is 71.8 Å². The quantitative estimate of drug-likeness (QED) is 0.537. The Labute approximate surface area is 191 Å². The van der Waals surface area contributed by atoms with Gasteiger partial charge in [0.1, 0.15) is 5.25 Å². The summed E-state index contributed by atoms with van der Waals surface area (Å²) in [6, 6.07) is 13.7. The number of aryl methyl sites for hydroxylation is 3. The Bertz CT molecular complexity index is 1080. The van der Waals surface area contributed by atoms with Gasteiger partial charge in [0.2, 0.25) is 11.1 Å². The van der Waals surface area contributed by atoms with E-state index in [0.29, 0.717) is 15.9 Å². The molecule has 2 aromatic carbocycles. The maximum Gasteiger partial charge on any atom is 0.240 e. The van der Waals surface area contributed by atoms with Crippen LogP contribution in [0.25, 0.3) is 0 Å². The van der Waals surface area contributed by atoms with E-state index in [2.05, 4.69) is 59.1 Å². The van der Waals surface area contributed by atoms with Crippen molar-refractivity contribution in [2.75, 3.05) is 10.7 Å². The molecule has 0 spiro atoms. The number of carbonyl (C=O) groups is 1. The minimum Gasteiger partial charge on any atom is -0.325 e. The summed E-state index contributed by atoms with van der Waals surface area (Å²) in [7, 11) is 0. The fraction of sp³-hybridized carbons (Fsp3) is 0.348. The molecule has 0 fully saturated rings. The van der Waals surface area contributed by atoms with Crippen LogP contribution in [-0.2, 0) is 17.6 Å². The van der Waals surface area contributed by atoms with Gasteiger partial charge in [0.05, 0.1) is 6.04 Å². The first-order chi connectivity index (χ1) is 15.0. The highest BCUT2D eigenvalue weighted by Crippen LogP contribution is 2.38. The molecular formula is C23H26ClN5OS. The molecule has 2 heterocycles. The molecule has 1 amide bonds. The number of hydrogen-bond acceptors (Lipinski definition) is 5. The first kappa shape index (κ1) is 21.7. The molecule has 0 saturated carbocycles. The molecule has 0 saturated heterocycles. The summed E-state index contributed by atoms with van der Waals surface area (Å²) in [6.07, 6.45) is 2.76. The fourth-order valence-electron chi connectivity index (χ4n) is 3.58. The van der Waals surface area contributed by atoms with Crippen molar-refractivity contribution < 1.29 is 4.79 Å². The van der Waals surface area contributed by atoms with Crippen LogP contribution in [0.5, 0.6) is 0 Å². The van der Waals surface area contributed by atoms with E-state index in [9.17, 15) is 4.79 Å². The molecule has 1 aliphatic heterocycles. The van der Waals surface area contributed by atoms with E-state index < -0.39 is 5.25 Å². The average Bonchev–Trinajstić information content (AvgIpc) is 3.17. The summed E-state index contributed by atoms with van der Waals surface area (Å²) in [4.78, 5) is 13.3. The van der Waals surface area contributed by atoms with Crippen LogP contribution in [0.4, 0.5) is 5.69 Å². The van der Waals surface area contributed by atoms with Crippen molar-refractivity contribution in [1.29, 1.82) is 0 Å². The Morgan fingerprint density at radius 2 is 1.97 bits per heavy atom. The Morgan fingerprint density at radius 1 is 1.19 bits per heavy atom. The van der Waals surface area contributed by atoms with Gasteiger partial charge in [-0.3, -0.25) is 4.79 Å². The molecule has 2 atom stereocenters. The molecule has 1 aliphatic rings. The third-order valence-electron chi connectivity index (χ3n) is 5.42. The van der Waals surface area contributed by atoms with Crippen LogP contribution in [0.3, 0.4) is 0 Å². The van der Waals surface area contributed by atoms with E-state index in [-0.39, 0.29) is 11.9 Å². The predicted molar refractivity (Wildman–Crippen MR) is 126 cm³/mol. The molecule has 0 radical (unpaired) electrons. The molecular weight excluding hydrogens is 430 g/mol. The molecule has 162 valence electrons. The molecule has 8 heteroatoms. The van der Waals surface area contributed by atoms with E-state index in [1.165, 1.54) is 17.3 Å². The van der Waals surface area contributed by atoms with Gasteiger partial charge in [0, 0.05) is 17.1 Å². The summed E-state index contributed by atoms with van der Waals surface area (Å²) in [5.74, 6) is 0.776. The number of carbonyl (C=O) groups excluding carboxylic acids is 1. The molecule has 6 nitrogen and oxygen atoms in total. The van der Waals surface area contributed by atoms with E-state index >= 15 is 0 Å². The second kappa shape index (κ2) is 9.32. The summed E-state index contributed by atoms with van der Waals surface area (Å²) in [6.45, 7) is 6.18. The monoisotopic (exact) mass is 455 g/mol. The van der Waals surface area contributed by atoms with Crippen LogP contribution in [0.2, 0.25) is 5.02 Å². The van der Waals surface area contributed by atoms with Crippen molar-refractivity contribution in [1.82, 2.24) is 14.9 Å². The Balaban J connectivity index is 1.65. The largest absolute Gasteiger partial charge is 0.325 e. The number of benzene rings is 2. The van der Waals surface area contributed by atoms with Gasteiger partial charge in [-0.15, -0.1) is 10.2 Å². The van der Waals surface area contributed by atoms with Gasteiger partial charge < -0.3 is 10.7 Å². The van der Waals surface area contributed by atoms with Gasteiger partial charge >= 0.3 is 0 Å². The molecule has 0 aliphatic carbocycles. The van der Waals surface area contributed by atoms with Crippen molar-refractivity contribution in [2.45, 2.75) is 56.5 Å². The van der Waals surface area contributed by atoms with E-state index in [1.807, 2.05) is 23.7 Å². The highest BCUT2D eigenvalue weighted by atomic mass is 35.5. The number of nitrogens with zero attached hydrogens (tertiary/aromatic N) is 3. The number of anilines is 1. The first-order valence-electron chi connectivity index (χ1n) is 10.5. The van der Waals surface area contributed by atoms with Crippen LogP contribution in [0.15, 0.2) is 47.6 Å². The third-order valence-corrected chi connectivity index (χ3v) is 7.04. The Morgan fingerprint density at radius 3 is 2.65 bits per heavy atom. The maximum atomic E-state index is 13.3. The lowest BCUT2D eigenvalue weighted by atomic mass is 10.0. The van der Waals surface area contributed by atoms with Gasteiger partial charge in [0.15, 0.2) is 5.82 Å². The third kappa shape index (κ3) is 4.57. The molecule has 1 aromatic heterocycles. The van der Waals surface area contributed by atoms with Crippen molar-refractivity contribution in [3.63, 3.8) is 0 Å². The van der Waals surface area contributed by atoms with E-state index in [0.717, 1.165) is 36.2 Å². The van der Waals surface area contributed by atoms with E-state index in [1.54, 1.807) is 6.07 Å². The Hall–Kier alpha value is -2.51. The normalized spacial score (nSPS) is 17.7. The zero-order valence-electron chi connectivity index (χ0n) is 17.9. The summed E-state index contributed by atoms with van der Waals surface area (Å²) >= 11 is 7.68. The second-order valence-corrected chi connectivity index (χ2v) is 9.19. The van der Waals surface area contributed by atoms with Crippen LogP contribution < -0.4 is 10.7 Å². The number of rotatable bonds is 6. The minimum atomic E-state index is -0.418. The molecule has 0 bridgehead atoms. The number of thioether (sulfide) groups is 1. The van der Waals surface area contributed by atoms with Crippen LogP contribution in [0, 0.1) is 6.92 Å². The number of hydrogen-bond donors (Lipinski definition) is 2. The van der Waals surface area contributed by atoms with Gasteiger partial charge in [-0.25, -0.2) is 4.68 Å². The highest BCUT2D eigenvalue weighted by Gasteiger charge is 2.37. The van der Waals surface area contributed by atoms with E-state index in [4.69, 9.17) is 11.6 Å². The summed E-state index contributed by atoms with van der Waals surface area (Å²) in [5, 5.41) is 12.6. The standard InChI is InChI=1S/C23H26ClN5OS/c1-4-6-19-26-27-23-29(19)28-20(16-10-8-15(5-2)9-11-16)21(31-23)22(30)25-17-12-7-14(3)18(24)13-17/h7-13,20-21,28H,4-6H2,1-3H3,(H,25,30)/t20-,21+/m1/s1. The summed E-state index contributed by atoms with van der Waals surface area (Å²) in [5.41, 5.74) is 7.47. The van der Waals surface area contributed by atoms with Crippen molar-refractivity contribution in [3.05, 3.63) is 70.0 Å². The van der Waals surface area contributed by atoms with Crippen molar-refractivity contribution in [2.24, 2.45) is 0 Å². The zero-order valence-corrected chi connectivity index (χ0v) is 19.4. The second-order valence-electron chi connectivity index (χ2n) is 7.68. The lowest BCUT2D eigenvalue weighted by Gasteiger charge is -2.33. The predicted octanol–water partition coefficient (Wildman–Crippen LogP) is 5.15. The fourth-order valence-corrected chi connectivity index (χ4v) is 4.86. The van der Waals surface area contributed by atoms with Gasteiger partial charge in [-0.05, 0) is 48.6 Å². The van der Waals surface area contributed by atoms with Crippen LogP contribution in [-0.4, -0.2) is 26.0 Å². The molecule has 3 aromatic rings. The number of nitrogens with one attached hydrogen (secondary N) is 2. The van der Waals surface area contributed by atoms with Crippen molar-refractivity contribution >= 4 is 35.0 Å². The van der Waals surface area contributed by atoms with Crippen LogP contribution >= 0.6 is 23.4 Å². The SMILES string of the molecule is CCCc1nnc2n1N[C@H](c1ccc(CC)cc1)[C@@H](C(=O)Nc1ccc(C)c(Cl)c1)S2. The zero-order chi connectivity index (χ0) is 22.0. The lowest BCUT2D eigenvalue weighted by molar-refractivity contribution is -0.116. The molecule has 4 rings (SSSR count). The Kier molecular flexibility index (Phi) is 6.53. The number of fused-ring (bicyclic) bond motifs is 1. The molecule has 2 N–H and O–H groups in total. The lowest BCUT2D eigenvalue weighted by Crippen LogP contribution is -2.41. The average molecular weight is 456 g/mol. The van der Waals surface area contributed by atoms with Gasteiger partial charge in [0.25, 0.3) is 0 Å². The van der Waals surface area contributed by atoms with Gasteiger partial charge in [-0.1, -0.05) is 67.5 Å². The van der Waals surface area contributed by atoms with Crippen molar-refractivity contribution in [3.8, 4) is 0 Å². The number of halogens is 1. The minimum absolute atomic E-state index is 0.103. The number of amides is 1. The first-order valence-corrected chi connectivity index (χ1v) is 11.8. The molecule has 31 heavy (non-hydrogen) atoms. The smallest absolute Gasteiger partial charge is 0.240 e. The number of aromatic nitrogens is 3. The van der Waals surface area contributed by atoms with Crippen LogP contribution in [0.1, 0.15) is 48.8 Å². The maximum absolute atomic E-state index is 13.3. The van der Waals surface area contributed by atoms with Gasteiger partial charge in [-0.2, -0.15) is 0 Å². The highest BCUT2D eigenvalue weighted by molar-refractivity contribution is 8.00. The molecule has 0 unspecified atom stereocenters.